The number of nitrogens with one attached hydrogen (secondary N) is 2. The Hall–Kier alpha value is -3.34. The highest BCUT2D eigenvalue weighted by molar-refractivity contribution is 7.92. The van der Waals surface area contributed by atoms with E-state index in [2.05, 4.69) is 10.0 Å². The summed E-state index contributed by atoms with van der Waals surface area (Å²) < 4.78 is 28.1. The van der Waals surface area contributed by atoms with Gasteiger partial charge in [0.15, 0.2) is 0 Å². The summed E-state index contributed by atoms with van der Waals surface area (Å²) in [6.07, 6.45) is 0. The number of benzene rings is 2. The fourth-order valence-corrected chi connectivity index (χ4v) is 4.03. The maximum atomic E-state index is 12.8. The third kappa shape index (κ3) is 6.07. The predicted molar refractivity (Wildman–Crippen MR) is 120 cm³/mol. The van der Waals surface area contributed by atoms with Gasteiger partial charge in [-0.05, 0) is 37.6 Å². The SMILES string of the molecule is Cc1ccc(NS(=O)(=O)c2ccc(N(C)CCNC(=O)N(C)C)c([N+](=O)[O-])c2)c(C)c1. The molecule has 2 N–H and O–H groups in total. The molecule has 0 bridgehead atoms. The molecular weight excluding hydrogens is 422 g/mol. The van der Waals surface area contributed by atoms with E-state index in [-0.39, 0.29) is 28.8 Å². The Bertz CT molecular complexity index is 1090. The van der Waals surface area contributed by atoms with Gasteiger partial charge in [0.05, 0.1) is 15.5 Å². The minimum Gasteiger partial charge on any atom is -0.367 e. The quantitative estimate of drug-likeness (QED) is 0.472. The van der Waals surface area contributed by atoms with Gasteiger partial charge in [-0.25, -0.2) is 13.2 Å². The van der Waals surface area contributed by atoms with Crippen molar-refractivity contribution in [1.82, 2.24) is 10.2 Å². The van der Waals surface area contributed by atoms with Crippen molar-refractivity contribution in [3.05, 3.63) is 57.6 Å². The number of hydrogen-bond acceptors (Lipinski definition) is 6. The number of aryl methyl sites for hydroxylation is 2. The van der Waals surface area contributed by atoms with Crippen LogP contribution in [0.1, 0.15) is 11.1 Å². The molecule has 2 aromatic carbocycles. The molecule has 0 aromatic heterocycles. The third-order valence-electron chi connectivity index (χ3n) is 4.62. The van der Waals surface area contributed by atoms with Gasteiger partial charge in [0, 0.05) is 40.3 Å². The van der Waals surface area contributed by atoms with Crippen molar-refractivity contribution >= 4 is 33.1 Å². The predicted octanol–water partition coefficient (Wildman–Crippen LogP) is 2.72. The van der Waals surface area contributed by atoms with E-state index in [1.54, 1.807) is 45.1 Å². The third-order valence-corrected chi connectivity index (χ3v) is 5.98. The Morgan fingerprint density at radius 2 is 1.77 bits per heavy atom. The molecule has 168 valence electrons. The van der Waals surface area contributed by atoms with Crippen LogP contribution in [0.4, 0.5) is 21.9 Å². The van der Waals surface area contributed by atoms with Crippen molar-refractivity contribution in [2.75, 3.05) is 43.9 Å². The first-order valence-electron chi connectivity index (χ1n) is 9.47. The lowest BCUT2D eigenvalue weighted by Gasteiger charge is -2.21. The molecule has 31 heavy (non-hydrogen) atoms. The average molecular weight is 450 g/mol. The van der Waals surface area contributed by atoms with E-state index in [1.165, 1.54) is 17.0 Å². The van der Waals surface area contributed by atoms with Crippen LogP contribution < -0.4 is 14.9 Å². The van der Waals surface area contributed by atoms with Gasteiger partial charge < -0.3 is 15.1 Å². The minimum atomic E-state index is -4.02. The topological polar surface area (TPSA) is 125 Å². The number of amides is 2. The van der Waals surface area contributed by atoms with Crippen molar-refractivity contribution < 1.29 is 18.1 Å². The molecule has 0 saturated heterocycles. The molecule has 0 aliphatic heterocycles. The highest BCUT2D eigenvalue weighted by Gasteiger charge is 2.23. The molecule has 0 fully saturated rings. The molecule has 0 aliphatic carbocycles. The zero-order valence-corrected chi connectivity index (χ0v) is 19.0. The fourth-order valence-electron chi connectivity index (χ4n) is 2.88. The lowest BCUT2D eigenvalue weighted by Crippen LogP contribution is -2.39. The molecule has 0 saturated carbocycles. The van der Waals surface area contributed by atoms with Crippen LogP contribution in [0.2, 0.25) is 0 Å². The smallest absolute Gasteiger partial charge is 0.316 e. The summed E-state index contributed by atoms with van der Waals surface area (Å²) in [6, 6.07) is 8.75. The largest absolute Gasteiger partial charge is 0.367 e. The number of nitro benzene ring substituents is 1. The van der Waals surface area contributed by atoms with Crippen LogP contribution in [0.5, 0.6) is 0 Å². The van der Waals surface area contributed by atoms with E-state index in [1.807, 2.05) is 13.0 Å². The monoisotopic (exact) mass is 449 g/mol. The van der Waals surface area contributed by atoms with Gasteiger partial charge in [0.2, 0.25) is 0 Å². The van der Waals surface area contributed by atoms with E-state index in [9.17, 15) is 23.3 Å². The van der Waals surface area contributed by atoms with Crippen molar-refractivity contribution in [2.45, 2.75) is 18.7 Å². The zero-order valence-electron chi connectivity index (χ0n) is 18.2. The van der Waals surface area contributed by atoms with E-state index in [0.717, 1.165) is 17.2 Å². The number of anilines is 2. The Morgan fingerprint density at radius 1 is 1.10 bits per heavy atom. The van der Waals surface area contributed by atoms with Crippen LogP contribution in [0.25, 0.3) is 0 Å². The molecule has 0 aliphatic rings. The van der Waals surface area contributed by atoms with Gasteiger partial charge >= 0.3 is 6.03 Å². The number of hydrogen-bond donors (Lipinski definition) is 2. The lowest BCUT2D eigenvalue weighted by atomic mass is 10.1. The molecule has 10 nitrogen and oxygen atoms in total. The highest BCUT2D eigenvalue weighted by atomic mass is 32.2. The molecule has 2 aromatic rings. The summed E-state index contributed by atoms with van der Waals surface area (Å²) in [5.74, 6) is 0. The van der Waals surface area contributed by atoms with Crippen LogP contribution in [0, 0.1) is 24.0 Å². The van der Waals surface area contributed by atoms with Gasteiger partial charge in [-0.1, -0.05) is 17.7 Å². The van der Waals surface area contributed by atoms with Crippen LogP contribution in [0.3, 0.4) is 0 Å². The van der Waals surface area contributed by atoms with Crippen LogP contribution in [0.15, 0.2) is 41.3 Å². The molecule has 0 heterocycles. The van der Waals surface area contributed by atoms with Crippen molar-refractivity contribution in [2.24, 2.45) is 0 Å². The summed E-state index contributed by atoms with van der Waals surface area (Å²) >= 11 is 0. The summed E-state index contributed by atoms with van der Waals surface area (Å²) in [5.41, 5.74) is 2.05. The number of carbonyl (C=O) groups excluding carboxylic acids is 1. The number of sulfonamides is 1. The van der Waals surface area contributed by atoms with Crippen molar-refractivity contribution in [1.29, 1.82) is 0 Å². The lowest BCUT2D eigenvalue weighted by molar-refractivity contribution is -0.384. The van der Waals surface area contributed by atoms with Crippen molar-refractivity contribution in [3.63, 3.8) is 0 Å². The first-order chi connectivity index (χ1) is 14.4. The van der Waals surface area contributed by atoms with Crippen molar-refractivity contribution in [3.8, 4) is 0 Å². The number of likely N-dealkylation sites (N-methyl/N-ethyl adjacent to an activating group) is 1. The highest BCUT2D eigenvalue weighted by Crippen LogP contribution is 2.31. The minimum absolute atomic E-state index is 0.211. The molecular formula is C20H27N5O5S. The number of urea groups is 1. The first-order valence-corrected chi connectivity index (χ1v) is 11.0. The number of nitro groups is 1. The number of carbonyl (C=O) groups is 1. The van der Waals surface area contributed by atoms with E-state index >= 15 is 0 Å². The van der Waals surface area contributed by atoms with Crippen LogP contribution >= 0.6 is 0 Å². The van der Waals surface area contributed by atoms with Gasteiger partial charge in [-0.15, -0.1) is 0 Å². The number of nitrogens with zero attached hydrogens (tertiary/aromatic N) is 3. The molecule has 0 radical (unpaired) electrons. The summed E-state index contributed by atoms with van der Waals surface area (Å²) in [4.78, 5) is 25.3. The fraction of sp³-hybridized carbons (Fsp3) is 0.350. The molecule has 0 unspecified atom stereocenters. The Labute approximate surface area is 182 Å². The van der Waals surface area contributed by atoms with Crippen LogP contribution in [-0.2, 0) is 10.0 Å². The zero-order chi connectivity index (χ0) is 23.3. The molecule has 2 rings (SSSR count). The number of rotatable bonds is 8. The second kappa shape index (κ2) is 9.65. The Balaban J connectivity index is 2.26. The summed E-state index contributed by atoms with van der Waals surface area (Å²) in [7, 11) is 0.824. The summed E-state index contributed by atoms with van der Waals surface area (Å²) in [6.45, 7) is 4.24. The maximum Gasteiger partial charge on any atom is 0.316 e. The molecule has 0 spiro atoms. The van der Waals surface area contributed by atoms with E-state index < -0.39 is 14.9 Å². The summed E-state index contributed by atoms with van der Waals surface area (Å²) in [5, 5.41) is 14.3. The second-order valence-electron chi connectivity index (χ2n) is 7.38. The molecule has 11 heteroatoms. The van der Waals surface area contributed by atoms with Gasteiger partial charge in [0.1, 0.15) is 5.69 Å². The van der Waals surface area contributed by atoms with Gasteiger partial charge in [0.25, 0.3) is 15.7 Å². The Kier molecular flexibility index (Phi) is 7.45. The first kappa shape index (κ1) is 23.9. The average Bonchev–Trinajstić information content (AvgIpc) is 2.69. The van der Waals surface area contributed by atoms with Crippen LogP contribution in [-0.4, -0.2) is 58.5 Å². The maximum absolute atomic E-state index is 12.8. The molecule has 2 amide bonds. The van der Waals surface area contributed by atoms with Gasteiger partial charge in [-0.2, -0.15) is 0 Å². The van der Waals surface area contributed by atoms with E-state index in [0.29, 0.717) is 12.2 Å². The Morgan fingerprint density at radius 3 is 2.35 bits per heavy atom. The van der Waals surface area contributed by atoms with E-state index in [4.69, 9.17) is 0 Å². The normalized spacial score (nSPS) is 11.0. The standard InChI is InChI=1S/C20H27N5O5S/c1-14-6-8-17(15(2)12-14)22-31(29,30)16-7-9-18(19(13-16)25(27)28)24(5)11-10-21-20(26)23(3)4/h6-9,12-13,22H,10-11H2,1-5H3,(H,21,26). The second-order valence-corrected chi connectivity index (χ2v) is 9.06. The van der Waals surface area contributed by atoms with Gasteiger partial charge in [-0.3, -0.25) is 14.8 Å². The molecule has 0 atom stereocenters.